The van der Waals surface area contributed by atoms with Gasteiger partial charge in [0.15, 0.2) is 0 Å². The van der Waals surface area contributed by atoms with Crippen LogP contribution in [0.15, 0.2) is 54.7 Å². The lowest BCUT2D eigenvalue weighted by Gasteiger charge is -2.23. The third kappa shape index (κ3) is 7.89. The maximum atomic E-state index is 4.37. The summed E-state index contributed by atoms with van der Waals surface area (Å²) in [7, 11) is 4.30. The Morgan fingerprint density at radius 3 is 2.33 bits per heavy atom. The van der Waals surface area contributed by atoms with E-state index in [-0.39, 0.29) is 0 Å². The zero-order valence-corrected chi connectivity index (χ0v) is 19.1. The highest BCUT2D eigenvalue weighted by atomic mass is 15.0. The van der Waals surface area contributed by atoms with Crippen LogP contribution in [-0.4, -0.2) is 25.5 Å². The molecule has 0 bridgehead atoms. The molecule has 0 aliphatic heterocycles. The Kier molecular flexibility index (Phi) is 13.6. The van der Waals surface area contributed by atoms with Gasteiger partial charge >= 0.3 is 0 Å². The van der Waals surface area contributed by atoms with Crippen molar-refractivity contribution in [3.05, 3.63) is 71.3 Å². The molecule has 0 aromatic heterocycles. The summed E-state index contributed by atoms with van der Waals surface area (Å²) in [6.07, 6.45) is 9.76. The number of allylic oxidation sites excluding steroid dienone is 4. The monoisotopic (exact) mass is 369 g/mol. The summed E-state index contributed by atoms with van der Waals surface area (Å²) in [6.45, 7) is 19.7. The van der Waals surface area contributed by atoms with Gasteiger partial charge in [0, 0.05) is 5.92 Å². The molecule has 1 heteroatoms. The fourth-order valence-corrected chi connectivity index (χ4v) is 3.54. The lowest BCUT2D eigenvalue weighted by atomic mass is 9.83. The van der Waals surface area contributed by atoms with Crippen molar-refractivity contribution in [3.8, 4) is 0 Å². The van der Waals surface area contributed by atoms with E-state index >= 15 is 0 Å². The Morgan fingerprint density at radius 1 is 1.11 bits per heavy atom. The largest absolute Gasteiger partial charge is 0.309 e. The maximum absolute atomic E-state index is 4.37. The molecule has 1 aromatic rings. The van der Waals surface area contributed by atoms with Crippen LogP contribution in [0.5, 0.6) is 0 Å². The summed E-state index contributed by atoms with van der Waals surface area (Å²) in [5.41, 5.74) is 7.15. The summed E-state index contributed by atoms with van der Waals surface area (Å²) >= 11 is 0. The molecule has 0 heterocycles. The zero-order valence-electron chi connectivity index (χ0n) is 19.1. The highest BCUT2D eigenvalue weighted by molar-refractivity contribution is 5.48. The standard InChI is InChI=1S/C22H31N.2C2H6/c1-6-9-20-17(3)11-13-19-14-12-18(7-2)16-22(19)21(20)10-8-15-23(4)5;2*1-2/h6,9,12,14,16,21H,1,3,7-8,10-11,13,15H2,2,4-5H3;2*1-2H3/b20-9+;;. The Balaban J connectivity index is 0.00000158. The molecule has 27 heavy (non-hydrogen) atoms. The van der Waals surface area contributed by atoms with Crippen LogP contribution >= 0.6 is 0 Å². The van der Waals surface area contributed by atoms with E-state index in [4.69, 9.17) is 0 Å². The van der Waals surface area contributed by atoms with Gasteiger partial charge in [-0.3, -0.25) is 0 Å². The van der Waals surface area contributed by atoms with E-state index < -0.39 is 0 Å². The predicted octanol–water partition coefficient (Wildman–Crippen LogP) is 7.34. The van der Waals surface area contributed by atoms with Crippen molar-refractivity contribution < 1.29 is 0 Å². The van der Waals surface area contributed by atoms with Crippen LogP contribution in [0.4, 0.5) is 0 Å². The molecule has 0 spiro atoms. The van der Waals surface area contributed by atoms with E-state index in [1.807, 2.05) is 33.8 Å². The van der Waals surface area contributed by atoms with E-state index in [0.29, 0.717) is 5.92 Å². The molecule has 1 atom stereocenters. The fraction of sp³-hybridized carbons (Fsp3) is 0.538. The summed E-state index contributed by atoms with van der Waals surface area (Å²) < 4.78 is 0. The summed E-state index contributed by atoms with van der Waals surface area (Å²) in [5, 5.41) is 0. The molecular weight excluding hydrogens is 326 g/mol. The van der Waals surface area contributed by atoms with Crippen molar-refractivity contribution in [2.45, 2.75) is 72.6 Å². The van der Waals surface area contributed by atoms with Gasteiger partial charge < -0.3 is 4.90 Å². The van der Waals surface area contributed by atoms with Gasteiger partial charge in [0.1, 0.15) is 0 Å². The summed E-state index contributed by atoms with van der Waals surface area (Å²) in [4.78, 5) is 2.27. The summed E-state index contributed by atoms with van der Waals surface area (Å²) in [6, 6.07) is 7.07. The van der Waals surface area contributed by atoms with E-state index in [2.05, 4.69) is 63.4 Å². The molecule has 1 aliphatic carbocycles. The van der Waals surface area contributed by atoms with Crippen molar-refractivity contribution in [1.29, 1.82) is 0 Å². The lowest BCUT2D eigenvalue weighted by molar-refractivity contribution is 0.389. The van der Waals surface area contributed by atoms with Crippen LogP contribution < -0.4 is 0 Å². The van der Waals surface area contributed by atoms with Gasteiger partial charge in [0.2, 0.25) is 0 Å². The average molecular weight is 370 g/mol. The van der Waals surface area contributed by atoms with Crippen LogP contribution in [0.2, 0.25) is 0 Å². The van der Waals surface area contributed by atoms with Crippen molar-refractivity contribution in [1.82, 2.24) is 4.90 Å². The van der Waals surface area contributed by atoms with Crippen LogP contribution in [0.25, 0.3) is 0 Å². The van der Waals surface area contributed by atoms with Crippen molar-refractivity contribution in [3.63, 3.8) is 0 Å². The van der Waals surface area contributed by atoms with Crippen LogP contribution in [0, 0.1) is 0 Å². The van der Waals surface area contributed by atoms with Gasteiger partial charge in [-0.05, 0) is 75.0 Å². The highest BCUT2D eigenvalue weighted by Gasteiger charge is 2.24. The quantitative estimate of drug-likeness (QED) is 0.474. The van der Waals surface area contributed by atoms with E-state index in [1.54, 1.807) is 0 Å². The average Bonchev–Trinajstić information content (AvgIpc) is 2.82. The van der Waals surface area contributed by atoms with Gasteiger partial charge in [-0.2, -0.15) is 0 Å². The smallest absolute Gasteiger partial charge is 0.00951 e. The molecule has 0 saturated carbocycles. The topological polar surface area (TPSA) is 3.24 Å². The molecular formula is C26H43N. The number of hydrogen-bond donors (Lipinski definition) is 0. The second-order valence-corrected chi connectivity index (χ2v) is 6.85. The normalized spacial score (nSPS) is 17.3. The van der Waals surface area contributed by atoms with Gasteiger partial charge in [0.25, 0.3) is 0 Å². The minimum Gasteiger partial charge on any atom is -0.309 e. The zero-order chi connectivity index (χ0) is 20.8. The third-order valence-electron chi connectivity index (χ3n) is 4.87. The van der Waals surface area contributed by atoms with E-state index in [9.17, 15) is 0 Å². The third-order valence-corrected chi connectivity index (χ3v) is 4.87. The van der Waals surface area contributed by atoms with Crippen molar-refractivity contribution >= 4 is 0 Å². The van der Waals surface area contributed by atoms with Crippen LogP contribution in [0.1, 0.15) is 76.5 Å². The SMILES string of the molecule is C=C/C=C1\C(=C)CCc2ccc(CC)cc2C1CCCN(C)C.CC.CC. The number of rotatable bonds is 6. The molecule has 2 rings (SSSR count). The maximum Gasteiger partial charge on any atom is 0.00951 e. The number of hydrogen-bond acceptors (Lipinski definition) is 1. The molecule has 1 aromatic carbocycles. The van der Waals surface area contributed by atoms with Gasteiger partial charge in [-0.1, -0.05) is 83.7 Å². The molecule has 0 fully saturated rings. The lowest BCUT2D eigenvalue weighted by Crippen LogP contribution is -2.15. The van der Waals surface area contributed by atoms with E-state index in [0.717, 1.165) is 25.8 Å². The molecule has 1 aliphatic rings. The predicted molar refractivity (Wildman–Crippen MR) is 125 cm³/mol. The van der Waals surface area contributed by atoms with E-state index in [1.165, 1.54) is 40.7 Å². The molecule has 152 valence electrons. The molecule has 0 N–H and O–H groups in total. The molecule has 0 radical (unpaired) electrons. The number of nitrogens with zero attached hydrogens (tertiary/aromatic N) is 1. The molecule has 1 nitrogen and oxygen atoms in total. The molecule has 0 saturated heterocycles. The van der Waals surface area contributed by atoms with Crippen LogP contribution in [-0.2, 0) is 12.8 Å². The number of fused-ring (bicyclic) bond motifs is 1. The first-order valence-electron chi connectivity index (χ1n) is 10.8. The van der Waals surface area contributed by atoms with Crippen molar-refractivity contribution in [2.75, 3.05) is 20.6 Å². The number of benzene rings is 1. The summed E-state index contributed by atoms with van der Waals surface area (Å²) in [5.74, 6) is 0.462. The molecule has 0 amide bonds. The van der Waals surface area contributed by atoms with Crippen molar-refractivity contribution in [2.24, 2.45) is 0 Å². The Bertz CT molecular complexity index is 592. The Hall–Kier alpha value is -1.60. The first kappa shape index (κ1) is 25.4. The highest BCUT2D eigenvalue weighted by Crippen LogP contribution is 2.40. The van der Waals surface area contributed by atoms with Gasteiger partial charge in [-0.25, -0.2) is 0 Å². The van der Waals surface area contributed by atoms with Gasteiger partial charge in [0.05, 0.1) is 0 Å². The minimum absolute atomic E-state index is 0.462. The second kappa shape index (κ2) is 14.5. The first-order chi connectivity index (χ1) is 13.1. The minimum atomic E-state index is 0.462. The molecule has 1 unspecified atom stereocenters. The fourth-order valence-electron chi connectivity index (χ4n) is 3.54. The first-order valence-corrected chi connectivity index (χ1v) is 10.8. The second-order valence-electron chi connectivity index (χ2n) is 6.85. The Morgan fingerprint density at radius 2 is 1.78 bits per heavy atom. The van der Waals surface area contributed by atoms with Gasteiger partial charge in [-0.15, -0.1) is 0 Å². The Labute approximate surface area is 169 Å². The number of aryl methyl sites for hydroxylation is 2. The van der Waals surface area contributed by atoms with Crippen LogP contribution in [0.3, 0.4) is 0 Å².